The number of carbonyl (C=O) groups excluding carboxylic acids is 2. The van der Waals surface area contributed by atoms with Crippen LogP contribution in [0.15, 0.2) is 30.3 Å². The first-order valence-electron chi connectivity index (χ1n) is 8.79. The first-order chi connectivity index (χ1) is 12.8. The van der Waals surface area contributed by atoms with E-state index in [-0.39, 0.29) is 41.7 Å². The summed E-state index contributed by atoms with van der Waals surface area (Å²) in [5.74, 6) is -0.671. The predicted molar refractivity (Wildman–Crippen MR) is 98.2 cm³/mol. The number of nitrogen functional groups attached to an aromatic ring is 1. The van der Waals surface area contributed by atoms with Gasteiger partial charge in [-0.15, -0.1) is 0 Å². The Kier molecular flexibility index (Phi) is 5.34. The van der Waals surface area contributed by atoms with E-state index >= 15 is 0 Å². The zero-order valence-electron chi connectivity index (χ0n) is 15.3. The first kappa shape index (κ1) is 18.8. The molecule has 142 valence electrons. The summed E-state index contributed by atoms with van der Waals surface area (Å²) in [6.07, 6.45) is 0.193. The van der Waals surface area contributed by atoms with Gasteiger partial charge >= 0.3 is 0 Å². The van der Waals surface area contributed by atoms with Gasteiger partial charge in [0.15, 0.2) is 0 Å². The molecular formula is C19H22FN5O2. The fourth-order valence-corrected chi connectivity index (χ4v) is 3.03. The molecule has 0 aliphatic carbocycles. The third-order valence-corrected chi connectivity index (χ3v) is 4.40. The largest absolute Gasteiger partial charge is 0.368 e. The van der Waals surface area contributed by atoms with Crippen molar-refractivity contribution in [1.82, 2.24) is 20.2 Å². The molecule has 1 saturated heterocycles. The first-order valence-corrected chi connectivity index (χ1v) is 8.79. The van der Waals surface area contributed by atoms with Gasteiger partial charge in [0.1, 0.15) is 11.5 Å². The summed E-state index contributed by atoms with van der Waals surface area (Å²) >= 11 is 0. The van der Waals surface area contributed by atoms with Crippen LogP contribution in [0.25, 0.3) is 0 Å². The maximum Gasteiger partial charge on any atom is 0.270 e. The van der Waals surface area contributed by atoms with Gasteiger partial charge in [-0.05, 0) is 29.7 Å². The second-order valence-electron chi connectivity index (χ2n) is 6.97. The highest BCUT2D eigenvalue weighted by Gasteiger charge is 2.31. The van der Waals surface area contributed by atoms with Gasteiger partial charge < -0.3 is 16.0 Å². The highest BCUT2D eigenvalue weighted by Crippen LogP contribution is 2.17. The van der Waals surface area contributed by atoms with E-state index in [0.29, 0.717) is 24.3 Å². The molecule has 1 fully saturated rings. The van der Waals surface area contributed by atoms with E-state index in [0.717, 1.165) is 0 Å². The highest BCUT2D eigenvalue weighted by atomic mass is 19.1. The van der Waals surface area contributed by atoms with Crippen LogP contribution in [-0.4, -0.2) is 39.3 Å². The van der Waals surface area contributed by atoms with Crippen LogP contribution in [0.2, 0.25) is 0 Å². The Morgan fingerprint density at radius 2 is 2.15 bits per heavy atom. The number of benzene rings is 1. The van der Waals surface area contributed by atoms with E-state index in [4.69, 9.17) is 5.73 Å². The third kappa shape index (κ3) is 4.58. The third-order valence-electron chi connectivity index (χ3n) is 4.40. The Hall–Kier alpha value is -3.03. The van der Waals surface area contributed by atoms with Gasteiger partial charge in [-0.2, -0.15) is 0 Å². The predicted octanol–water partition coefficient (Wildman–Crippen LogP) is 1.85. The number of nitrogens with one attached hydrogen (secondary N) is 1. The Balaban J connectivity index is 1.65. The van der Waals surface area contributed by atoms with Gasteiger partial charge in [0, 0.05) is 25.2 Å². The fraction of sp³-hybridized carbons (Fsp3) is 0.368. The molecule has 1 aromatic carbocycles. The van der Waals surface area contributed by atoms with Gasteiger partial charge in [0.25, 0.3) is 5.91 Å². The lowest BCUT2D eigenvalue weighted by Crippen LogP contribution is -2.37. The number of rotatable bonds is 5. The monoisotopic (exact) mass is 371 g/mol. The summed E-state index contributed by atoms with van der Waals surface area (Å²) in [6.45, 7) is 4.56. The second kappa shape index (κ2) is 7.69. The summed E-state index contributed by atoms with van der Waals surface area (Å²) < 4.78 is 13.3. The van der Waals surface area contributed by atoms with Crippen molar-refractivity contribution in [1.29, 1.82) is 0 Å². The number of likely N-dealkylation sites (tertiary alicyclic amines) is 1. The number of nitrogens with two attached hydrogens (primary N) is 1. The number of aromatic nitrogens is 2. The molecule has 1 aliphatic heterocycles. The number of halogens is 1. The zero-order chi connectivity index (χ0) is 19.6. The summed E-state index contributed by atoms with van der Waals surface area (Å²) in [7, 11) is 0. The molecule has 0 radical (unpaired) electrons. The fourth-order valence-electron chi connectivity index (χ4n) is 3.03. The summed E-state index contributed by atoms with van der Waals surface area (Å²) in [5.41, 5.74) is 7.26. The maximum absolute atomic E-state index is 13.3. The molecule has 2 heterocycles. The SMILES string of the molecule is CC(C)c1cc(C(=O)N[C@H]2CC(=O)N(Cc3cccc(F)c3)C2)nc(N)n1. The molecule has 1 atom stereocenters. The van der Waals surface area contributed by atoms with Crippen molar-refractivity contribution in [3.05, 3.63) is 53.1 Å². The molecule has 0 spiro atoms. The minimum atomic E-state index is -0.392. The minimum Gasteiger partial charge on any atom is -0.368 e. The van der Waals surface area contributed by atoms with Crippen LogP contribution in [0.3, 0.4) is 0 Å². The zero-order valence-corrected chi connectivity index (χ0v) is 15.3. The quantitative estimate of drug-likeness (QED) is 0.835. The van der Waals surface area contributed by atoms with Crippen molar-refractivity contribution in [3.8, 4) is 0 Å². The van der Waals surface area contributed by atoms with Crippen LogP contribution in [0.1, 0.15) is 47.9 Å². The Bertz CT molecular complexity index is 871. The van der Waals surface area contributed by atoms with Gasteiger partial charge in [-0.3, -0.25) is 9.59 Å². The molecule has 3 rings (SSSR count). The van der Waals surface area contributed by atoms with Crippen molar-refractivity contribution in [2.24, 2.45) is 0 Å². The Labute approximate surface area is 156 Å². The molecular weight excluding hydrogens is 349 g/mol. The molecule has 0 unspecified atom stereocenters. The minimum absolute atomic E-state index is 0.0431. The lowest BCUT2D eigenvalue weighted by atomic mass is 10.1. The molecule has 1 aliphatic rings. The van der Waals surface area contributed by atoms with E-state index in [9.17, 15) is 14.0 Å². The molecule has 27 heavy (non-hydrogen) atoms. The van der Waals surface area contributed by atoms with E-state index in [1.807, 2.05) is 13.8 Å². The smallest absolute Gasteiger partial charge is 0.270 e. The van der Waals surface area contributed by atoms with Crippen molar-refractivity contribution in [2.45, 2.75) is 38.8 Å². The number of amides is 2. The topological polar surface area (TPSA) is 101 Å². The second-order valence-corrected chi connectivity index (χ2v) is 6.97. The van der Waals surface area contributed by atoms with Crippen LogP contribution >= 0.6 is 0 Å². The van der Waals surface area contributed by atoms with Crippen molar-refractivity contribution in [3.63, 3.8) is 0 Å². The van der Waals surface area contributed by atoms with Gasteiger partial charge in [-0.1, -0.05) is 26.0 Å². The van der Waals surface area contributed by atoms with Crippen LogP contribution in [0.4, 0.5) is 10.3 Å². The number of hydrogen-bond donors (Lipinski definition) is 2. The molecule has 1 aromatic heterocycles. The van der Waals surface area contributed by atoms with Crippen molar-refractivity contribution in [2.75, 3.05) is 12.3 Å². The van der Waals surface area contributed by atoms with Gasteiger partial charge in [-0.25, -0.2) is 14.4 Å². The molecule has 3 N–H and O–H groups in total. The molecule has 7 nitrogen and oxygen atoms in total. The van der Waals surface area contributed by atoms with Crippen molar-refractivity contribution < 1.29 is 14.0 Å². The standard InChI is InChI=1S/C19H22FN5O2/c1-11(2)15-8-16(24-19(21)23-15)18(27)22-14-7-17(26)25(10-14)9-12-4-3-5-13(20)6-12/h3-6,8,11,14H,7,9-10H2,1-2H3,(H,22,27)(H2,21,23,24)/t14-/m0/s1. The van der Waals surface area contributed by atoms with E-state index in [1.54, 1.807) is 23.1 Å². The van der Waals surface area contributed by atoms with Crippen LogP contribution < -0.4 is 11.1 Å². The van der Waals surface area contributed by atoms with E-state index < -0.39 is 5.91 Å². The Morgan fingerprint density at radius 1 is 1.37 bits per heavy atom. The average Bonchev–Trinajstić information content (AvgIpc) is 2.93. The molecule has 2 aromatic rings. The molecule has 0 saturated carbocycles. The molecule has 8 heteroatoms. The van der Waals surface area contributed by atoms with Crippen LogP contribution in [0, 0.1) is 5.82 Å². The number of hydrogen-bond acceptors (Lipinski definition) is 5. The number of nitrogens with zero attached hydrogens (tertiary/aromatic N) is 3. The van der Waals surface area contributed by atoms with Crippen LogP contribution in [-0.2, 0) is 11.3 Å². The summed E-state index contributed by atoms with van der Waals surface area (Å²) in [5, 5.41) is 2.82. The Morgan fingerprint density at radius 3 is 2.85 bits per heavy atom. The van der Waals surface area contributed by atoms with Gasteiger partial charge in [0.2, 0.25) is 11.9 Å². The van der Waals surface area contributed by atoms with Crippen LogP contribution in [0.5, 0.6) is 0 Å². The lowest BCUT2D eigenvalue weighted by molar-refractivity contribution is -0.128. The number of carbonyl (C=O) groups is 2. The average molecular weight is 371 g/mol. The van der Waals surface area contributed by atoms with E-state index in [1.165, 1.54) is 12.1 Å². The van der Waals surface area contributed by atoms with Crippen molar-refractivity contribution >= 4 is 17.8 Å². The number of anilines is 1. The van der Waals surface area contributed by atoms with E-state index in [2.05, 4.69) is 15.3 Å². The van der Waals surface area contributed by atoms with Gasteiger partial charge in [0.05, 0.1) is 6.04 Å². The molecule has 0 bridgehead atoms. The highest BCUT2D eigenvalue weighted by molar-refractivity contribution is 5.93. The summed E-state index contributed by atoms with van der Waals surface area (Å²) in [6, 6.07) is 7.40. The summed E-state index contributed by atoms with van der Waals surface area (Å²) in [4.78, 5) is 34.4. The molecule has 2 amide bonds. The normalized spacial score (nSPS) is 16.8. The maximum atomic E-state index is 13.3. The lowest BCUT2D eigenvalue weighted by Gasteiger charge is -2.17.